The fourth-order valence-corrected chi connectivity index (χ4v) is 5.15. The van der Waals surface area contributed by atoms with Gasteiger partial charge in [0.1, 0.15) is 11.6 Å². The molecule has 3 heterocycles. The molecule has 2 aromatic heterocycles. The first-order chi connectivity index (χ1) is 15.4. The van der Waals surface area contributed by atoms with Crippen molar-refractivity contribution in [2.75, 3.05) is 36.3 Å². The second kappa shape index (κ2) is 9.49. The molecule has 4 rings (SSSR count). The molecule has 3 aromatic rings. The van der Waals surface area contributed by atoms with E-state index in [9.17, 15) is 8.42 Å². The van der Waals surface area contributed by atoms with Gasteiger partial charge in [-0.25, -0.2) is 4.98 Å². The van der Waals surface area contributed by atoms with Crippen LogP contribution in [0.15, 0.2) is 42.6 Å². The van der Waals surface area contributed by atoms with E-state index in [1.54, 1.807) is 19.2 Å². The first-order valence-corrected chi connectivity index (χ1v) is 11.8. The zero-order valence-electron chi connectivity index (χ0n) is 17.8. The Morgan fingerprint density at radius 2 is 1.91 bits per heavy atom. The van der Waals surface area contributed by atoms with Crippen molar-refractivity contribution in [2.45, 2.75) is 19.3 Å². The zero-order chi connectivity index (χ0) is 22.6. The van der Waals surface area contributed by atoms with Crippen LogP contribution in [0.4, 0.5) is 11.5 Å². The van der Waals surface area contributed by atoms with E-state index in [0.29, 0.717) is 43.6 Å². The van der Waals surface area contributed by atoms with Crippen LogP contribution >= 0.6 is 0 Å². The molecule has 0 bridgehead atoms. The van der Waals surface area contributed by atoms with Gasteiger partial charge in [0.2, 0.25) is 5.82 Å². The lowest BCUT2D eigenvalue weighted by molar-refractivity contribution is 0.302. The summed E-state index contributed by atoms with van der Waals surface area (Å²) in [5, 5.41) is 12.0. The number of aromatic nitrogens is 5. The third-order valence-electron chi connectivity index (χ3n) is 5.15. The number of hydrogen-bond acceptors (Lipinski definition) is 8. The Bertz CT molecular complexity index is 1150. The Morgan fingerprint density at radius 3 is 2.62 bits per heavy atom. The number of tetrazole rings is 1. The average molecular weight is 459 g/mol. The van der Waals surface area contributed by atoms with Crippen molar-refractivity contribution in [1.82, 2.24) is 29.5 Å². The number of anilines is 2. The molecule has 1 aliphatic rings. The van der Waals surface area contributed by atoms with Crippen LogP contribution in [-0.2, 0) is 17.3 Å². The molecular formula is C20H26N8O3S. The van der Waals surface area contributed by atoms with Gasteiger partial charge in [0.25, 0.3) is 0 Å². The van der Waals surface area contributed by atoms with Gasteiger partial charge in [0.05, 0.1) is 19.3 Å². The summed E-state index contributed by atoms with van der Waals surface area (Å²) in [5.74, 6) is 1.64. The molecule has 11 nitrogen and oxygen atoms in total. The maximum Gasteiger partial charge on any atom is 0.304 e. The largest absolute Gasteiger partial charge is 0.494 e. The Morgan fingerprint density at radius 1 is 1.09 bits per heavy atom. The van der Waals surface area contributed by atoms with Crippen molar-refractivity contribution in [2.24, 2.45) is 7.05 Å². The number of nitrogen functional groups attached to an aromatic ring is 1. The average Bonchev–Trinajstić information content (AvgIpc) is 3.33. The van der Waals surface area contributed by atoms with E-state index in [2.05, 4.69) is 20.4 Å². The van der Waals surface area contributed by atoms with Crippen LogP contribution in [0.2, 0.25) is 0 Å². The summed E-state index contributed by atoms with van der Waals surface area (Å²) in [7, 11) is -1.80. The topological polar surface area (TPSA) is 132 Å². The molecule has 1 aliphatic heterocycles. The number of benzene rings is 1. The summed E-state index contributed by atoms with van der Waals surface area (Å²) in [5.41, 5.74) is 7.11. The summed E-state index contributed by atoms with van der Waals surface area (Å²) in [6.45, 7) is 1.93. The van der Waals surface area contributed by atoms with Crippen LogP contribution < -0.4 is 14.8 Å². The highest BCUT2D eigenvalue weighted by atomic mass is 32.2. The van der Waals surface area contributed by atoms with Gasteiger partial charge in [0.15, 0.2) is 0 Å². The summed E-state index contributed by atoms with van der Waals surface area (Å²) in [6.07, 6.45) is 4.00. The van der Waals surface area contributed by atoms with E-state index >= 15 is 0 Å². The highest BCUT2D eigenvalue weighted by Crippen LogP contribution is 2.26. The van der Waals surface area contributed by atoms with Crippen molar-refractivity contribution in [1.29, 1.82) is 0 Å². The third kappa shape index (κ3) is 4.97. The molecule has 32 heavy (non-hydrogen) atoms. The van der Waals surface area contributed by atoms with Gasteiger partial charge in [-0.2, -0.15) is 17.5 Å². The van der Waals surface area contributed by atoms with E-state index in [1.165, 1.54) is 19.6 Å². The normalized spacial score (nSPS) is 15.8. The van der Waals surface area contributed by atoms with Crippen LogP contribution in [0.3, 0.4) is 0 Å². The first-order valence-electron chi connectivity index (χ1n) is 10.4. The molecule has 1 aromatic carbocycles. The van der Waals surface area contributed by atoms with Gasteiger partial charge < -0.3 is 10.5 Å². The fourth-order valence-electron chi connectivity index (χ4n) is 3.51. The highest BCUT2D eigenvalue weighted by Gasteiger charge is 2.36. The molecule has 0 amide bonds. The lowest BCUT2D eigenvalue weighted by Crippen LogP contribution is -2.33. The minimum Gasteiger partial charge on any atom is -0.494 e. The number of unbranched alkanes of at least 4 members (excludes halogenated alkanes) is 2. The number of pyridine rings is 1. The minimum atomic E-state index is -3.52. The van der Waals surface area contributed by atoms with Crippen LogP contribution in [0, 0.1) is 0 Å². The summed E-state index contributed by atoms with van der Waals surface area (Å²) < 4.78 is 34.3. The molecule has 2 N–H and O–H groups in total. The highest BCUT2D eigenvalue weighted by molar-refractivity contribution is 7.90. The van der Waals surface area contributed by atoms with Crippen LogP contribution in [-0.4, -0.2) is 64.2 Å². The van der Waals surface area contributed by atoms with Crippen molar-refractivity contribution >= 4 is 21.7 Å². The number of nitrogens with zero attached hydrogens (tertiary/aromatic N) is 7. The maximum absolute atomic E-state index is 12.8. The Labute approximate surface area is 187 Å². The molecule has 0 radical (unpaired) electrons. The number of nitrogens with two attached hydrogens (primary N) is 1. The van der Waals surface area contributed by atoms with Gasteiger partial charge in [-0.15, -0.1) is 10.2 Å². The third-order valence-corrected chi connectivity index (χ3v) is 7.12. The van der Waals surface area contributed by atoms with E-state index in [4.69, 9.17) is 10.5 Å². The molecular weight excluding hydrogens is 432 g/mol. The summed E-state index contributed by atoms with van der Waals surface area (Å²) in [4.78, 5) is 5.34. The van der Waals surface area contributed by atoms with Gasteiger partial charge in [-0.1, -0.05) is 0 Å². The van der Waals surface area contributed by atoms with E-state index < -0.39 is 10.2 Å². The van der Waals surface area contributed by atoms with Gasteiger partial charge in [0, 0.05) is 37.5 Å². The lowest BCUT2D eigenvalue weighted by atomic mass is 10.2. The molecule has 170 valence electrons. The molecule has 0 spiro atoms. The van der Waals surface area contributed by atoms with Gasteiger partial charge >= 0.3 is 10.2 Å². The quantitative estimate of drug-likeness (QED) is 0.477. The van der Waals surface area contributed by atoms with E-state index in [1.807, 2.05) is 24.3 Å². The predicted octanol–water partition coefficient (Wildman–Crippen LogP) is 1.47. The Hall–Kier alpha value is -3.25. The molecule has 0 saturated carbocycles. The maximum atomic E-state index is 12.8. The Balaban J connectivity index is 1.18. The van der Waals surface area contributed by atoms with Crippen molar-refractivity contribution in [3.63, 3.8) is 0 Å². The molecule has 0 unspecified atom stereocenters. The summed E-state index contributed by atoms with van der Waals surface area (Å²) >= 11 is 0. The Kier molecular flexibility index (Phi) is 6.51. The number of hydrogen-bond donors (Lipinski definition) is 1. The second-order valence-corrected chi connectivity index (χ2v) is 9.31. The molecule has 1 fully saturated rings. The fraction of sp³-hybridized carbons (Fsp3) is 0.400. The molecule has 12 heteroatoms. The molecule has 0 aliphatic carbocycles. The predicted molar refractivity (Wildman–Crippen MR) is 120 cm³/mol. The first kappa shape index (κ1) is 22.0. The van der Waals surface area contributed by atoms with Crippen molar-refractivity contribution in [3.8, 4) is 17.1 Å². The molecule has 1 saturated heterocycles. The van der Waals surface area contributed by atoms with Crippen LogP contribution in [0.5, 0.6) is 5.75 Å². The van der Waals surface area contributed by atoms with E-state index in [-0.39, 0.29) is 0 Å². The van der Waals surface area contributed by atoms with Crippen molar-refractivity contribution < 1.29 is 13.2 Å². The summed E-state index contributed by atoms with van der Waals surface area (Å²) in [6, 6.07) is 10.8. The van der Waals surface area contributed by atoms with Crippen LogP contribution in [0.1, 0.15) is 19.3 Å². The van der Waals surface area contributed by atoms with Crippen LogP contribution in [0.25, 0.3) is 11.4 Å². The monoisotopic (exact) mass is 458 g/mol. The van der Waals surface area contributed by atoms with Crippen molar-refractivity contribution in [3.05, 3.63) is 42.6 Å². The minimum absolute atomic E-state index is 0.302. The lowest BCUT2D eigenvalue weighted by Gasteiger charge is -2.20. The smallest absolute Gasteiger partial charge is 0.304 e. The van der Waals surface area contributed by atoms with Gasteiger partial charge in [-0.05, 0) is 54.8 Å². The molecule has 0 atom stereocenters. The van der Waals surface area contributed by atoms with Gasteiger partial charge in [-0.3, -0.25) is 4.31 Å². The standard InChI is InChI=1S/C20H26N8O3S/c1-26-24-20(23-25-26)16-5-7-18(8-6-16)31-14-4-2-3-11-27-12-13-28(32(27,29)30)17-9-10-22-19(21)15-17/h5-10,15H,2-4,11-14H2,1H3,(H2,21,22). The number of rotatable bonds is 9. The number of ether oxygens (including phenoxy) is 1. The SMILES string of the molecule is Cn1nnc(-c2ccc(OCCCCCN3CCN(c4ccnc(N)c4)S3(=O)=O)cc2)n1. The number of aryl methyl sites for hydroxylation is 1. The second-order valence-electron chi connectivity index (χ2n) is 7.45. The zero-order valence-corrected chi connectivity index (χ0v) is 18.6. The van der Waals surface area contributed by atoms with E-state index in [0.717, 1.165) is 30.6 Å².